The maximum absolute atomic E-state index is 13.5. The molecule has 0 heterocycles. The van der Waals surface area contributed by atoms with E-state index in [9.17, 15) is 18.8 Å². The Kier molecular flexibility index (Phi) is 6.39. The third-order valence-electron chi connectivity index (χ3n) is 3.54. The van der Waals surface area contributed by atoms with Gasteiger partial charge in [0.05, 0.1) is 11.6 Å². The molecule has 0 saturated carbocycles. The second kappa shape index (κ2) is 8.73. The summed E-state index contributed by atoms with van der Waals surface area (Å²) >= 11 is 0. The van der Waals surface area contributed by atoms with Crippen molar-refractivity contribution in [3.63, 3.8) is 0 Å². The smallest absolute Gasteiger partial charge is 0.341 e. The Balaban J connectivity index is 1.90. The van der Waals surface area contributed by atoms with Gasteiger partial charge in [-0.15, -0.1) is 0 Å². The van der Waals surface area contributed by atoms with Crippen LogP contribution in [0.15, 0.2) is 54.6 Å². The number of hydrogen-bond donors (Lipinski definition) is 1. The number of esters is 1. The molecule has 0 radical (unpaired) electrons. The maximum Gasteiger partial charge on any atom is 0.341 e. The SMILES string of the molecule is CC(=O)[C@@H](Cc1ccccc1)NC(=O)COC(=O)c1ccccc1F. The lowest BCUT2D eigenvalue weighted by Gasteiger charge is -2.16. The average Bonchev–Trinajstić information content (AvgIpc) is 2.60. The van der Waals surface area contributed by atoms with Crippen LogP contribution in [0, 0.1) is 5.82 Å². The number of ether oxygens (including phenoxy) is 1. The number of ketones is 1. The van der Waals surface area contributed by atoms with Gasteiger partial charge in [-0.2, -0.15) is 0 Å². The molecule has 1 atom stereocenters. The number of nitrogens with one attached hydrogen (secondary N) is 1. The van der Waals surface area contributed by atoms with Gasteiger partial charge in [0.15, 0.2) is 12.4 Å². The summed E-state index contributed by atoms with van der Waals surface area (Å²) in [5, 5.41) is 2.53. The van der Waals surface area contributed by atoms with Gasteiger partial charge in [-0.3, -0.25) is 9.59 Å². The number of amides is 1. The zero-order valence-corrected chi connectivity index (χ0v) is 13.7. The van der Waals surface area contributed by atoms with E-state index in [1.54, 1.807) is 0 Å². The van der Waals surface area contributed by atoms with Gasteiger partial charge in [-0.05, 0) is 31.0 Å². The van der Waals surface area contributed by atoms with Crippen LogP contribution in [0.4, 0.5) is 4.39 Å². The van der Waals surface area contributed by atoms with Crippen LogP contribution >= 0.6 is 0 Å². The van der Waals surface area contributed by atoms with Gasteiger partial charge in [-0.1, -0.05) is 42.5 Å². The molecule has 6 heteroatoms. The Morgan fingerprint density at radius 2 is 1.68 bits per heavy atom. The van der Waals surface area contributed by atoms with Crippen molar-refractivity contribution in [2.75, 3.05) is 6.61 Å². The first-order valence-electron chi connectivity index (χ1n) is 7.72. The molecule has 1 amide bonds. The molecule has 0 fully saturated rings. The minimum atomic E-state index is -0.935. The van der Waals surface area contributed by atoms with Crippen LogP contribution in [0.25, 0.3) is 0 Å². The van der Waals surface area contributed by atoms with Crippen LogP contribution in [0.3, 0.4) is 0 Å². The molecular weight excluding hydrogens is 325 g/mol. The highest BCUT2D eigenvalue weighted by Crippen LogP contribution is 2.08. The first kappa shape index (κ1) is 18.3. The predicted octanol–water partition coefficient (Wildman–Crippen LogP) is 2.30. The zero-order chi connectivity index (χ0) is 18.2. The maximum atomic E-state index is 13.5. The van der Waals surface area contributed by atoms with E-state index in [1.807, 2.05) is 30.3 Å². The van der Waals surface area contributed by atoms with Gasteiger partial charge in [0.1, 0.15) is 5.82 Å². The number of rotatable bonds is 7. The Hall–Kier alpha value is -3.02. The fraction of sp³-hybridized carbons (Fsp3) is 0.211. The summed E-state index contributed by atoms with van der Waals surface area (Å²) in [7, 11) is 0. The third kappa shape index (κ3) is 5.53. The second-order valence-electron chi connectivity index (χ2n) is 5.48. The second-order valence-corrected chi connectivity index (χ2v) is 5.48. The van der Waals surface area contributed by atoms with Crippen molar-refractivity contribution in [3.05, 3.63) is 71.5 Å². The molecule has 0 aliphatic rings. The van der Waals surface area contributed by atoms with Crippen LogP contribution < -0.4 is 5.32 Å². The Bertz CT molecular complexity index is 761. The summed E-state index contributed by atoms with van der Waals surface area (Å²) < 4.78 is 18.3. The topological polar surface area (TPSA) is 72.5 Å². The van der Waals surface area contributed by atoms with Crippen molar-refractivity contribution in [1.29, 1.82) is 0 Å². The standard InChI is InChI=1S/C19H18FNO4/c1-13(22)17(11-14-7-3-2-4-8-14)21-18(23)12-25-19(24)15-9-5-6-10-16(15)20/h2-10,17H,11-12H2,1H3,(H,21,23)/t17-/m1/s1. The number of carbonyl (C=O) groups excluding carboxylic acids is 3. The van der Waals surface area contributed by atoms with Crippen LogP contribution in [0.2, 0.25) is 0 Å². The van der Waals surface area contributed by atoms with E-state index in [2.05, 4.69) is 5.32 Å². The highest BCUT2D eigenvalue weighted by molar-refractivity contribution is 5.92. The van der Waals surface area contributed by atoms with Gasteiger partial charge in [-0.25, -0.2) is 9.18 Å². The minimum absolute atomic E-state index is 0.211. The predicted molar refractivity (Wildman–Crippen MR) is 89.4 cm³/mol. The van der Waals surface area contributed by atoms with E-state index < -0.39 is 30.3 Å². The lowest BCUT2D eigenvalue weighted by atomic mass is 10.0. The highest BCUT2D eigenvalue weighted by Gasteiger charge is 2.19. The summed E-state index contributed by atoms with van der Waals surface area (Å²) in [6, 6.07) is 13.8. The van der Waals surface area contributed by atoms with E-state index in [0.717, 1.165) is 11.6 Å². The molecule has 0 bridgehead atoms. The Labute approximate surface area is 144 Å². The van der Waals surface area contributed by atoms with E-state index >= 15 is 0 Å². The quantitative estimate of drug-likeness (QED) is 0.783. The normalized spacial score (nSPS) is 11.4. The van der Waals surface area contributed by atoms with Crippen LogP contribution in [0.1, 0.15) is 22.8 Å². The molecule has 2 rings (SSSR count). The van der Waals surface area contributed by atoms with Gasteiger partial charge < -0.3 is 10.1 Å². The summed E-state index contributed by atoms with van der Waals surface area (Å²) in [5.41, 5.74) is 0.647. The average molecular weight is 343 g/mol. The lowest BCUT2D eigenvalue weighted by molar-refractivity contribution is -0.128. The van der Waals surface area contributed by atoms with Crippen molar-refractivity contribution in [1.82, 2.24) is 5.32 Å². The van der Waals surface area contributed by atoms with E-state index in [-0.39, 0.29) is 11.3 Å². The van der Waals surface area contributed by atoms with Gasteiger partial charge in [0, 0.05) is 0 Å². The Morgan fingerprint density at radius 1 is 1.04 bits per heavy atom. The van der Waals surface area contributed by atoms with Crippen molar-refractivity contribution >= 4 is 17.7 Å². The van der Waals surface area contributed by atoms with Crippen molar-refractivity contribution < 1.29 is 23.5 Å². The molecule has 1 N–H and O–H groups in total. The molecule has 2 aromatic carbocycles. The summed E-state index contributed by atoms with van der Waals surface area (Å²) in [5.74, 6) is -2.49. The van der Waals surface area contributed by atoms with E-state index in [1.165, 1.54) is 25.1 Å². The molecular formula is C19H18FNO4. The van der Waals surface area contributed by atoms with Crippen LogP contribution in [-0.2, 0) is 20.7 Å². The Morgan fingerprint density at radius 3 is 2.32 bits per heavy atom. The molecule has 0 saturated heterocycles. The lowest BCUT2D eigenvalue weighted by Crippen LogP contribution is -2.43. The van der Waals surface area contributed by atoms with Gasteiger partial charge in [0.25, 0.3) is 5.91 Å². The molecule has 0 spiro atoms. The first-order chi connectivity index (χ1) is 12.0. The molecule has 2 aromatic rings. The van der Waals surface area contributed by atoms with Crippen LogP contribution in [-0.4, -0.2) is 30.3 Å². The number of halogens is 1. The molecule has 5 nitrogen and oxygen atoms in total. The number of Topliss-reactive ketones (excluding diaryl/α,β-unsaturated/α-hetero) is 1. The fourth-order valence-electron chi connectivity index (χ4n) is 2.22. The summed E-state index contributed by atoms with van der Waals surface area (Å²) in [4.78, 5) is 35.4. The zero-order valence-electron chi connectivity index (χ0n) is 13.7. The monoisotopic (exact) mass is 343 g/mol. The fourth-order valence-corrected chi connectivity index (χ4v) is 2.22. The largest absolute Gasteiger partial charge is 0.452 e. The van der Waals surface area contributed by atoms with Gasteiger partial charge >= 0.3 is 5.97 Å². The van der Waals surface area contributed by atoms with Crippen molar-refractivity contribution in [2.24, 2.45) is 0 Å². The molecule has 130 valence electrons. The molecule has 0 unspecified atom stereocenters. The summed E-state index contributed by atoms with van der Waals surface area (Å²) in [6.07, 6.45) is 0.336. The number of benzene rings is 2. The first-order valence-corrected chi connectivity index (χ1v) is 7.72. The van der Waals surface area contributed by atoms with Crippen molar-refractivity contribution in [3.8, 4) is 0 Å². The molecule has 0 aliphatic heterocycles. The molecule has 25 heavy (non-hydrogen) atoms. The van der Waals surface area contributed by atoms with Gasteiger partial charge in [0.2, 0.25) is 0 Å². The van der Waals surface area contributed by atoms with E-state index in [4.69, 9.17) is 4.74 Å². The van der Waals surface area contributed by atoms with Crippen molar-refractivity contribution in [2.45, 2.75) is 19.4 Å². The highest BCUT2D eigenvalue weighted by atomic mass is 19.1. The molecule has 0 aliphatic carbocycles. The summed E-state index contributed by atoms with van der Waals surface area (Å²) in [6.45, 7) is 0.783. The molecule has 0 aromatic heterocycles. The number of hydrogen-bond acceptors (Lipinski definition) is 4. The van der Waals surface area contributed by atoms with E-state index in [0.29, 0.717) is 6.42 Å². The third-order valence-corrected chi connectivity index (χ3v) is 3.54. The van der Waals surface area contributed by atoms with Crippen LogP contribution in [0.5, 0.6) is 0 Å². The number of carbonyl (C=O) groups is 3. The minimum Gasteiger partial charge on any atom is -0.452 e.